The van der Waals surface area contributed by atoms with Gasteiger partial charge in [0.15, 0.2) is 0 Å². The van der Waals surface area contributed by atoms with E-state index in [1.165, 1.54) is 96.3 Å². The number of ether oxygens (including phenoxy) is 2. The normalized spacial score (nSPS) is 13.1. The third-order valence-corrected chi connectivity index (χ3v) is 8.24. The van der Waals surface area contributed by atoms with E-state index in [1.54, 1.807) is 0 Å². The lowest BCUT2D eigenvalue weighted by molar-refractivity contribution is 0.101. The summed E-state index contributed by atoms with van der Waals surface area (Å²) in [6, 6.07) is 9.64. The molecule has 0 aliphatic heterocycles. The molecule has 5 nitrogen and oxygen atoms in total. The van der Waals surface area contributed by atoms with Crippen LogP contribution in [-0.2, 0) is 29.7 Å². The van der Waals surface area contributed by atoms with Gasteiger partial charge in [-0.05, 0) is 18.4 Å². The highest BCUT2D eigenvalue weighted by molar-refractivity contribution is 7.53. The molecule has 0 N–H and O–H groups in total. The summed E-state index contributed by atoms with van der Waals surface area (Å²) >= 11 is 0. The predicted molar refractivity (Wildman–Crippen MR) is 161 cm³/mol. The third-order valence-electron chi connectivity index (χ3n) is 6.65. The average molecular weight is 551 g/mol. The molecule has 0 amide bonds. The topological polar surface area (TPSA) is 54.0 Å². The highest BCUT2D eigenvalue weighted by Gasteiger charge is 2.25. The van der Waals surface area contributed by atoms with E-state index in [-0.39, 0.29) is 13.0 Å². The van der Waals surface area contributed by atoms with Crippen LogP contribution in [0.5, 0.6) is 0 Å². The molecule has 1 atom stereocenters. The molecule has 0 saturated carbocycles. The van der Waals surface area contributed by atoms with Gasteiger partial charge in [-0.3, -0.25) is 4.57 Å². The van der Waals surface area contributed by atoms with E-state index in [1.807, 2.05) is 30.3 Å². The van der Waals surface area contributed by atoms with Crippen LogP contribution in [0.1, 0.15) is 122 Å². The maximum Gasteiger partial charge on any atom is 0.356 e. The summed E-state index contributed by atoms with van der Waals surface area (Å²) in [4.78, 5) is 0. The summed E-state index contributed by atoms with van der Waals surface area (Å²) in [6.45, 7) is 4.52. The largest absolute Gasteiger partial charge is 0.381 e. The molecule has 0 spiro atoms. The lowest BCUT2D eigenvalue weighted by Gasteiger charge is -2.19. The second-order valence-electron chi connectivity index (χ2n) is 10.3. The summed E-state index contributed by atoms with van der Waals surface area (Å²) in [7, 11) is 2.12. The van der Waals surface area contributed by atoms with E-state index < -0.39 is 7.60 Å². The first-order valence-corrected chi connectivity index (χ1v) is 17.2. The first-order valence-electron chi connectivity index (χ1n) is 15.5. The molecule has 1 aromatic carbocycles. The fourth-order valence-corrected chi connectivity index (χ4v) is 5.67. The summed E-state index contributed by atoms with van der Waals surface area (Å²) in [5, 5.41) is 0. The first-order chi connectivity index (χ1) is 18.7. The van der Waals surface area contributed by atoms with Gasteiger partial charge in [-0.1, -0.05) is 140 Å². The van der Waals surface area contributed by atoms with E-state index >= 15 is 0 Å². The molecule has 0 bridgehead atoms. The van der Waals surface area contributed by atoms with Gasteiger partial charge in [0, 0.05) is 19.8 Å². The summed E-state index contributed by atoms with van der Waals surface area (Å²) in [6.07, 6.45) is 22.9. The number of benzene rings is 1. The Bertz CT molecular complexity index is 661. The van der Waals surface area contributed by atoms with Crippen molar-refractivity contribution in [3.8, 4) is 0 Å². The maximum absolute atomic E-state index is 13.0. The standard InChI is InChI=1S/C31H56BO5P/c1-2-3-4-5-6-7-8-9-10-11-12-13-14-15-16-20-25-34-26-21-27-36-38(33,30-35-28-24-32)37-29-31-22-18-17-19-23-31/h17-19,22-23H,2-16,20-21,24-30H2,1H3. The Morgan fingerprint density at radius 2 is 1.13 bits per heavy atom. The van der Waals surface area contributed by atoms with Crippen LogP contribution < -0.4 is 0 Å². The Morgan fingerprint density at radius 3 is 1.68 bits per heavy atom. The second-order valence-corrected chi connectivity index (χ2v) is 12.3. The molecule has 2 radical (unpaired) electrons. The van der Waals surface area contributed by atoms with Crippen LogP contribution in [0.2, 0.25) is 6.32 Å². The average Bonchev–Trinajstić information content (AvgIpc) is 2.93. The molecule has 1 aromatic rings. The van der Waals surface area contributed by atoms with Crippen LogP contribution in [-0.4, -0.2) is 40.6 Å². The SMILES string of the molecule is [B]CCOCP(=O)(OCCCOCCCCCCCCCCCCCCCCCC)OCc1ccccc1. The second kappa shape index (κ2) is 26.6. The van der Waals surface area contributed by atoms with E-state index in [4.69, 9.17) is 26.4 Å². The van der Waals surface area contributed by atoms with Crippen LogP contribution in [0.25, 0.3) is 0 Å². The van der Waals surface area contributed by atoms with Gasteiger partial charge in [-0.15, -0.1) is 0 Å². The molecule has 1 rings (SSSR count). The van der Waals surface area contributed by atoms with E-state index in [9.17, 15) is 4.57 Å². The zero-order valence-corrected chi connectivity index (χ0v) is 25.3. The fourth-order valence-electron chi connectivity index (χ4n) is 4.34. The smallest absolute Gasteiger partial charge is 0.356 e. The fraction of sp³-hybridized carbons (Fsp3) is 0.806. The maximum atomic E-state index is 13.0. The number of unbranched alkanes of at least 4 members (excludes halogenated alkanes) is 15. The van der Waals surface area contributed by atoms with Crippen LogP contribution in [0.3, 0.4) is 0 Å². The Balaban J connectivity index is 1.92. The van der Waals surface area contributed by atoms with Crippen molar-refractivity contribution in [3.05, 3.63) is 35.9 Å². The molecule has 0 aliphatic carbocycles. The van der Waals surface area contributed by atoms with Gasteiger partial charge in [0.25, 0.3) is 0 Å². The van der Waals surface area contributed by atoms with Crippen molar-refractivity contribution in [2.24, 2.45) is 0 Å². The summed E-state index contributed by atoms with van der Waals surface area (Å²) < 4.78 is 35.4. The van der Waals surface area contributed by atoms with Crippen LogP contribution in [0, 0.1) is 0 Å². The molecule has 38 heavy (non-hydrogen) atoms. The minimum absolute atomic E-state index is 0.0862. The van der Waals surface area contributed by atoms with Gasteiger partial charge in [0.1, 0.15) is 6.35 Å². The molecule has 218 valence electrons. The van der Waals surface area contributed by atoms with Crippen LogP contribution in [0.15, 0.2) is 30.3 Å². The monoisotopic (exact) mass is 550 g/mol. The Morgan fingerprint density at radius 1 is 0.605 bits per heavy atom. The zero-order chi connectivity index (χ0) is 27.4. The summed E-state index contributed by atoms with van der Waals surface area (Å²) in [5.41, 5.74) is 0.942. The van der Waals surface area contributed by atoms with Gasteiger partial charge >= 0.3 is 7.60 Å². The van der Waals surface area contributed by atoms with E-state index in [0.717, 1.165) is 18.6 Å². The Labute approximate surface area is 236 Å². The summed E-state index contributed by atoms with van der Waals surface area (Å²) in [5.74, 6) is 0. The lowest BCUT2D eigenvalue weighted by atomic mass is 10.0. The Hall–Kier alpha value is -0.645. The van der Waals surface area contributed by atoms with E-state index in [2.05, 4.69) is 6.92 Å². The molecule has 0 heterocycles. The number of hydrogen-bond donors (Lipinski definition) is 0. The quantitative estimate of drug-likeness (QED) is 0.0565. The molecular formula is C31H56BO5P. The van der Waals surface area contributed by atoms with E-state index in [0.29, 0.717) is 32.6 Å². The van der Waals surface area contributed by atoms with Gasteiger partial charge in [0.05, 0.1) is 21.1 Å². The van der Waals surface area contributed by atoms with Crippen molar-refractivity contribution in [1.82, 2.24) is 0 Å². The molecule has 0 saturated heterocycles. The third kappa shape index (κ3) is 22.2. The van der Waals surface area contributed by atoms with Crippen molar-refractivity contribution >= 4 is 15.4 Å². The Kier molecular flexibility index (Phi) is 24.7. The predicted octanol–water partition coefficient (Wildman–Crippen LogP) is 9.64. The molecule has 0 fully saturated rings. The van der Waals surface area contributed by atoms with Gasteiger partial charge < -0.3 is 18.5 Å². The highest BCUT2D eigenvalue weighted by atomic mass is 31.2. The minimum Gasteiger partial charge on any atom is -0.381 e. The van der Waals surface area contributed by atoms with Crippen LogP contribution in [0.4, 0.5) is 0 Å². The minimum atomic E-state index is -3.34. The van der Waals surface area contributed by atoms with Gasteiger partial charge in [-0.2, -0.15) is 0 Å². The molecule has 1 unspecified atom stereocenters. The number of hydrogen-bond acceptors (Lipinski definition) is 5. The molecule has 0 aliphatic rings. The van der Waals surface area contributed by atoms with Crippen molar-refractivity contribution in [1.29, 1.82) is 0 Å². The van der Waals surface area contributed by atoms with Gasteiger partial charge in [-0.25, -0.2) is 0 Å². The lowest BCUT2D eigenvalue weighted by Crippen LogP contribution is -2.07. The van der Waals surface area contributed by atoms with Crippen molar-refractivity contribution in [2.75, 3.05) is 32.8 Å². The number of rotatable bonds is 29. The van der Waals surface area contributed by atoms with Crippen molar-refractivity contribution in [3.63, 3.8) is 0 Å². The van der Waals surface area contributed by atoms with Crippen molar-refractivity contribution < 1.29 is 23.1 Å². The highest BCUT2D eigenvalue weighted by Crippen LogP contribution is 2.49. The first kappa shape index (κ1) is 35.4. The molecule has 7 heteroatoms. The molecular weight excluding hydrogens is 494 g/mol. The van der Waals surface area contributed by atoms with Gasteiger partial charge in [0.2, 0.25) is 0 Å². The zero-order valence-electron chi connectivity index (χ0n) is 24.4. The van der Waals surface area contributed by atoms with Crippen molar-refractivity contribution in [2.45, 2.75) is 129 Å². The van der Waals surface area contributed by atoms with Crippen LogP contribution >= 0.6 is 7.60 Å². The molecule has 0 aromatic heterocycles.